The predicted molar refractivity (Wildman–Crippen MR) is 153 cm³/mol. The van der Waals surface area contributed by atoms with E-state index in [0.717, 1.165) is 69.1 Å². The largest absolute Gasteiger partial charge is 0.493 e. The summed E-state index contributed by atoms with van der Waals surface area (Å²) in [7, 11) is 0. The molecule has 1 aliphatic heterocycles. The number of hydrogen-bond donors (Lipinski definition) is 0. The highest BCUT2D eigenvalue weighted by molar-refractivity contribution is 8.14. The van der Waals surface area contributed by atoms with Crippen molar-refractivity contribution < 1.29 is 19.1 Å². The van der Waals surface area contributed by atoms with Gasteiger partial charge in [0.15, 0.2) is 0 Å². The molecule has 194 valence electrons. The van der Waals surface area contributed by atoms with E-state index in [1.807, 2.05) is 54.6 Å². The van der Waals surface area contributed by atoms with E-state index >= 15 is 0 Å². The predicted octanol–water partition coefficient (Wildman–Crippen LogP) is 7.24. The molecule has 1 saturated heterocycles. The SMILES string of the molecule is Cc1cc(CCCOc2ccc(CN3C(=O)CSC3=O)c3ccccc23)cc(C)c1OCc1ccccc1. The lowest BCUT2D eigenvalue weighted by Crippen LogP contribution is -2.28. The average Bonchev–Trinajstić information content (AvgIpc) is 3.24. The molecular weight excluding hydrogens is 494 g/mol. The molecule has 4 aromatic rings. The summed E-state index contributed by atoms with van der Waals surface area (Å²) in [6.07, 6.45) is 1.79. The molecule has 0 atom stereocenters. The maximum absolute atomic E-state index is 12.1. The van der Waals surface area contributed by atoms with Gasteiger partial charge in [0.2, 0.25) is 5.91 Å². The summed E-state index contributed by atoms with van der Waals surface area (Å²) in [6.45, 7) is 5.64. The van der Waals surface area contributed by atoms with Gasteiger partial charge in [0.25, 0.3) is 5.24 Å². The Hall–Kier alpha value is -3.77. The first kappa shape index (κ1) is 25.9. The van der Waals surface area contributed by atoms with E-state index in [-0.39, 0.29) is 23.4 Å². The van der Waals surface area contributed by atoms with Gasteiger partial charge in [-0.1, -0.05) is 84.6 Å². The fraction of sp³-hybridized carbons (Fsp3) is 0.250. The molecule has 0 aliphatic carbocycles. The monoisotopic (exact) mass is 525 g/mol. The van der Waals surface area contributed by atoms with Crippen molar-refractivity contribution in [2.75, 3.05) is 12.4 Å². The van der Waals surface area contributed by atoms with Crippen molar-refractivity contribution in [2.45, 2.75) is 39.8 Å². The Morgan fingerprint density at radius 2 is 1.53 bits per heavy atom. The van der Waals surface area contributed by atoms with Crippen molar-refractivity contribution >= 4 is 33.7 Å². The zero-order valence-electron chi connectivity index (χ0n) is 21.7. The quantitative estimate of drug-likeness (QED) is 0.204. The maximum Gasteiger partial charge on any atom is 0.289 e. The maximum atomic E-state index is 12.1. The second kappa shape index (κ2) is 11.7. The number of nitrogens with zero attached hydrogens (tertiary/aromatic N) is 1. The number of amides is 2. The van der Waals surface area contributed by atoms with Crippen molar-refractivity contribution in [3.63, 3.8) is 0 Å². The Balaban J connectivity index is 1.20. The Kier molecular flexibility index (Phi) is 7.99. The van der Waals surface area contributed by atoms with Crippen LogP contribution in [0.3, 0.4) is 0 Å². The van der Waals surface area contributed by atoms with Crippen LogP contribution in [0.15, 0.2) is 78.9 Å². The van der Waals surface area contributed by atoms with Gasteiger partial charge in [-0.05, 0) is 66.0 Å². The topological polar surface area (TPSA) is 55.8 Å². The number of imide groups is 1. The fourth-order valence-electron chi connectivity index (χ4n) is 4.90. The van der Waals surface area contributed by atoms with Crippen LogP contribution in [0.25, 0.3) is 10.8 Å². The summed E-state index contributed by atoms with van der Waals surface area (Å²) >= 11 is 1.06. The molecule has 5 rings (SSSR count). The molecule has 5 nitrogen and oxygen atoms in total. The van der Waals surface area contributed by atoms with E-state index < -0.39 is 0 Å². The first-order valence-electron chi connectivity index (χ1n) is 12.9. The average molecular weight is 526 g/mol. The normalized spacial score (nSPS) is 13.4. The molecule has 1 heterocycles. The van der Waals surface area contributed by atoms with Crippen molar-refractivity contribution in [1.29, 1.82) is 0 Å². The molecule has 1 fully saturated rings. The van der Waals surface area contributed by atoms with E-state index in [1.165, 1.54) is 10.5 Å². The molecule has 1 aliphatic rings. The molecule has 4 aromatic carbocycles. The second-order valence-electron chi connectivity index (χ2n) is 9.59. The van der Waals surface area contributed by atoms with Crippen molar-refractivity contribution in [2.24, 2.45) is 0 Å². The standard InChI is InChI=1S/C32H31NO4S/c1-22-17-25(18-23(2)31(22)37-20-24-9-4-3-5-10-24)11-8-16-36-29-15-14-26(27-12-6-7-13-28(27)29)19-33-30(34)21-38-32(33)35/h3-7,9-10,12-15,17-18H,8,11,16,19-21H2,1-2H3. The molecule has 0 aromatic heterocycles. The van der Waals surface area contributed by atoms with Gasteiger partial charge in [-0.15, -0.1) is 0 Å². The van der Waals surface area contributed by atoms with Crippen LogP contribution in [0.5, 0.6) is 11.5 Å². The molecule has 0 unspecified atom stereocenters. The molecule has 38 heavy (non-hydrogen) atoms. The van der Waals surface area contributed by atoms with Gasteiger partial charge < -0.3 is 9.47 Å². The first-order chi connectivity index (χ1) is 18.5. The third-order valence-corrected chi connectivity index (χ3v) is 7.62. The second-order valence-corrected chi connectivity index (χ2v) is 10.5. The molecule has 6 heteroatoms. The van der Waals surface area contributed by atoms with Crippen LogP contribution in [0.4, 0.5) is 4.79 Å². The number of carbonyl (C=O) groups is 2. The van der Waals surface area contributed by atoms with Gasteiger partial charge >= 0.3 is 0 Å². The van der Waals surface area contributed by atoms with Crippen molar-refractivity contribution in [1.82, 2.24) is 4.90 Å². The number of aryl methyl sites for hydroxylation is 3. The van der Waals surface area contributed by atoms with Crippen LogP contribution < -0.4 is 9.47 Å². The number of ether oxygens (including phenoxy) is 2. The minimum Gasteiger partial charge on any atom is -0.493 e. The lowest BCUT2D eigenvalue weighted by atomic mass is 10.0. The van der Waals surface area contributed by atoms with Crippen LogP contribution in [-0.4, -0.2) is 28.4 Å². The van der Waals surface area contributed by atoms with E-state index in [1.54, 1.807) is 0 Å². The molecule has 0 bridgehead atoms. The number of thioether (sulfide) groups is 1. The Morgan fingerprint density at radius 1 is 0.816 bits per heavy atom. The summed E-state index contributed by atoms with van der Waals surface area (Å²) in [6, 6.07) is 26.5. The van der Waals surface area contributed by atoms with Crippen molar-refractivity contribution in [3.05, 3.63) is 107 Å². The van der Waals surface area contributed by atoms with Gasteiger partial charge in [0, 0.05) is 5.39 Å². The Bertz CT molecular complexity index is 1430. The highest BCUT2D eigenvalue weighted by atomic mass is 32.2. The van der Waals surface area contributed by atoms with Gasteiger partial charge in [-0.3, -0.25) is 14.5 Å². The highest BCUT2D eigenvalue weighted by Crippen LogP contribution is 2.31. The van der Waals surface area contributed by atoms with Gasteiger partial charge in [-0.2, -0.15) is 0 Å². The molecule has 0 saturated carbocycles. The highest BCUT2D eigenvalue weighted by Gasteiger charge is 2.30. The number of benzene rings is 4. The number of fused-ring (bicyclic) bond motifs is 1. The Labute approximate surface area is 227 Å². The molecule has 0 N–H and O–H groups in total. The summed E-state index contributed by atoms with van der Waals surface area (Å²) < 4.78 is 12.3. The lowest BCUT2D eigenvalue weighted by molar-refractivity contribution is -0.125. The van der Waals surface area contributed by atoms with E-state index in [4.69, 9.17) is 9.47 Å². The third kappa shape index (κ3) is 5.86. The number of rotatable bonds is 10. The summed E-state index contributed by atoms with van der Waals surface area (Å²) in [5.41, 5.74) is 5.66. The minimum atomic E-state index is -0.180. The van der Waals surface area contributed by atoms with E-state index in [0.29, 0.717) is 13.2 Å². The number of hydrogen-bond acceptors (Lipinski definition) is 5. The Morgan fingerprint density at radius 3 is 2.24 bits per heavy atom. The summed E-state index contributed by atoms with van der Waals surface area (Å²) in [4.78, 5) is 25.5. The molecule has 0 spiro atoms. The zero-order chi connectivity index (χ0) is 26.5. The molecule has 2 amide bonds. The van der Waals surface area contributed by atoms with Crippen LogP contribution in [0.1, 0.15) is 34.2 Å². The van der Waals surface area contributed by atoms with Gasteiger partial charge in [0.1, 0.15) is 18.1 Å². The number of carbonyl (C=O) groups excluding carboxylic acids is 2. The van der Waals surface area contributed by atoms with Crippen LogP contribution in [0.2, 0.25) is 0 Å². The van der Waals surface area contributed by atoms with E-state index in [2.05, 4.69) is 38.1 Å². The van der Waals surface area contributed by atoms with Crippen molar-refractivity contribution in [3.8, 4) is 11.5 Å². The van der Waals surface area contributed by atoms with Gasteiger partial charge in [0.05, 0.1) is 18.9 Å². The summed E-state index contributed by atoms with van der Waals surface area (Å²) in [5.74, 6) is 1.86. The van der Waals surface area contributed by atoms with Crippen LogP contribution in [0, 0.1) is 13.8 Å². The van der Waals surface area contributed by atoms with Crippen LogP contribution in [-0.2, 0) is 24.4 Å². The molecule has 0 radical (unpaired) electrons. The van der Waals surface area contributed by atoms with Crippen LogP contribution >= 0.6 is 11.8 Å². The lowest BCUT2D eigenvalue weighted by Gasteiger charge is -2.17. The third-order valence-electron chi connectivity index (χ3n) is 6.76. The minimum absolute atomic E-state index is 0.134. The van der Waals surface area contributed by atoms with Gasteiger partial charge in [-0.25, -0.2) is 0 Å². The zero-order valence-corrected chi connectivity index (χ0v) is 22.6. The smallest absolute Gasteiger partial charge is 0.289 e. The molecular formula is C32H31NO4S. The fourth-order valence-corrected chi connectivity index (χ4v) is 5.63. The summed E-state index contributed by atoms with van der Waals surface area (Å²) in [5, 5.41) is 1.81. The first-order valence-corrected chi connectivity index (χ1v) is 13.9. The van der Waals surface area contributed by atoms with E-state index in [9.17, 15) is 9.59 Å².